The fraction of sp³-hybridized carbons (Fsp3) is 0.842. The highest BCUT2D eigenvalue weighted by atomic mass is 16.5. The average molecular weight is 382 g/mol. The van der Waals surface area contributed by atoms with Gasteiger partial charge in [0.1, 0.15) is 11.0 Å². The van der Waals surface area contributed by atoms with Crippen LogP contribution in [0.3, 0.4) is 0 Å². The summed E-state index contributed by atoms with van der Waals surface area (Å²) in [7, 11) is 0. The molecule has 4 fully saturated rings. The fourth-order valence-corrected chi connectivity index (χ4v) is 5.51. The van der Waals surface area contributed by atoms with Gasteiger partial charge in [-0.2, -0.15) is 0 Å². The van der Waals surface area contributed by atoms with Gasteiger partial charge in [-0.1, -0.05) is 12.8 Å². The Morgan fingerprint density at radius 2 is 1.74 bits per heavy atom. The molecule has 2 atom stereocenters. The Morgan fingerprint density at radius 1 is 1.11 bits per heavy atom. The summed E-state index contributed by atoms with van der Waals surface area (Å²) in [5.41, 5.74) is -1.25. The quantitative estimate of drug-likeness (QED) is 0.703. The number of likely N-dealkylation sites (tertiary alicyclic amines) is 2. The van der Waals surface area contributed by atoms with Crippen molar-refractivity contribution in [2.75, 3.05) is 39.4 Å². The summed E-state index contributed by atoms with van der Waals surface area (Å²) >= 11 is 0. The smallest absolute Gasteiger partial charge is 0.314 e. The maximum atomic E-state index is 13.5. The zero-order valence-corrected chi connectivity index (χ0v) is 15.8. The zero-order valence-electron chi connectivity index (χ0n) is 15.8. The Kier molecular flexibility index (Phi) is 6.05. The second kappa shape index (κ2) is 8.14. The first-order valence-corrected chi connectivity index (χ1v) is 9.93. The van der Waals surface area contributed by atoms with Crippen molar-refractivity contribution in [3.05, 3.63) is 0 Å². The molecule has 0 unspecified atom stereocenters. The Labute approximate surface area is 159 Å². The second-order valence-electron chi connectivity index (χ2n) is 8.22. The summed E-state index contributed by atoms with van der Waals surface area (Å²) in [6, 6.07) is 0. The highest BCUT2D eigenvalue weighted by Crippen LogP contribution is 2.45. The van der Waals surface area contributed by atoms with Crippen LogP contribution in [-0.4, -0.2) is 83.3 Å². The molecule has 3 heterocycles. The van der Waals surface area contributed by atoms with Crippen molar-refractivity contribution in [1.29, 1.82) is 0 Å². The molecule has 8 heteroatoms. The molecule has 0 aromatic carbocycles. The van der Waals surface area contributed by atoms with Crippen LogP contribution in [0.4, 0.5) is 0 Å². The average Bonchev–Trinajstić information content (AvgIpc) is 3.40. The second-order valence-corrected chi connectivity index (χ2v) is 8.22. The predicted molar refractivity (Wildman–Crippen MR) is 96.3 cm³/mol. The van der Waals surface area contributed by atoms with Gasteiger partial charge in [0.15, 0.2) is 0 Å². The minimum absolute atomic E-state index is 0.0322. The molecule has 0 aromatic heterocycles. The molecule has 8 nitrogen and oxygen atoms in total. The molecule has 4 rings (SSSR count). The summed E-state index contributed by atoms with van der Waals surface area (Å²) in [6.07, 6.45) is 7.16. The molecule has 0 radical (unpaired) electrons. The lowest BCUT2D eigenvalue weighted by Gasteiger charge is -2.40. The molecule has 3 aliphatic heterocycles. The van der Waals surface area contributed by atoms with Crippen LogP contribution < -0.4 is 0 Å². The SMILES string of the molecule is O=C(N1C[C@@H]2CCOC[C@]2(C(=O)O)C1)C1(N2CCCC2)CCCC1.O=CO. The first-order valence-electron chi connectivity index (χ1n) is 9.93. The van der Waals surface area contributed by atoms with E-state index in [-0.39, 0.29) is 30.4 Å². The van der Waals surface area contributed by atoms with Gasteiger partial charge in [-0.05, 0) is 51.1 Å². The Bertz CT molecular complexity index is 571. The van der Waals surface area contributed by atoms with Crippen molar-refractivity contribution in [3.63, 3.8) is 0 Å². The van der Waals surface area contributed by atoms with Gasteiger partial charge in [-0.15, -0.1) is 0 Å². The van der Waals surface area contributed by atoms with Crippen molar-refractivity contribution < 1.29 is 29.3 Å². The molecular weight excluding hydrogens is 352 g/mol. The van der Waals surface area contributed by atoms with Crippen LogP contribution in [0, 0.1) is 11.3 Å². The predicted octanol–water partition coefficient (Wildman–Crippen LogP) is 1.05. The molecule has 0 aromatic rings. The summed E-state index contributed by atoms with van der Waals surface area (Å²) in [6.45, 7) is 3.53. The number of carbonyl (C=O) groups excluding carboxylic acids is 1. The van der Waals surface area contributed by atoms with Crippen molar-refractivity contribution in [3.8, 4) is 0 Å². The number of fused-ring (bicyclic) bond motifs is 1. The number of hydrogen-bond acceptors (Lipinski definition) is 5. The van der Waals surface area contributed by atoms with Crippen molar-refractivity contribution >= 4 is 18.3 Å². The number of carboxylic acid groups (broad SMARTS) is 2. The largest absolute Gasteiger partial charge is 0.483 e. The molecule has 2 N–H and O–H groups in total. The van der Waals surface area contributed by atoms with E-state index in [1.807, 2.05) is 4.90 Å². The summed E-state index contributed by atoms with van der Waals surface area (Å²) < 4.78 is 5.50. The van der Waals surface area contributed by atoms with E-state index in [2.05, 4.69) is 4.90 Å². The van der Waals surface area contributed by atoms with E-state index in [1.165, 1.54) is 12.8 Å². The van der Waals surface area contributed by atoms with Crippen LogP contribution in [0.15, 0.2) is 0 Å². The van der Waals surface area contributed by atoms with Gasteiger partial charge in [0.2, 0.25) is 5.91 Å². The number of nitrogens with zero attached hydrogens (tertiary/aromatic N) is 2. The Balaban J connectivity index is 0.000000659. The molecule has 0 bridgehead atoms. The molecule has 1 saturated carbocycles. The monoisotopic (exact) mass is 382 g/mol. The van der Waals surface area contributed by atoms with Gasteiger partial charge in [0.25, 0.3) is 6.47 Å². The van der Waals surface area contributed by atoms with E-state index in [9.17, 15) is 14.7 Å². The lowest BCUT2D eigenvalue weighted by molar-refractivity contribution is -0.160. The van der Waals surface area contributed by atoms with Crippen molar-refractivity contribution in [2.45, 2.75) is 50.5 Å². The summed E-state index contributed by atoms with van der Waals surface area (Å²) in [5, 5.41) is 16.7. The van der Waals surface area contributed by atoms with Crippen molar-refractivity contribution in [1.82, 2.24) is 9.80 Å². The lowest BCUT2D eigenvalue weighted by Crippen LogP contribution is -2.57. The number of rotatable bonds is 3. The van der Waals surface area contributed by atoms with Gasteiger partial charge >= 0.3 is 5.97 Å². The Hall–Kier alpha value is -1.67. The van der Waals surface area contributed by atoms with E-state index in [0.29, 0.717) is 19.7 Å². The number of amides is 1. The van der Waals surface area contributed by atoms with Crippen LogP contribution in [0.2, 0.25) is 0 Å². The number of carboxylic acids is 1. The van der Waals surface area contributed by atoms with E-state index < -0.39 is 11.4 Å². The molecular formula is C19H30N2O6. The summed E-state index contributed by atoms with van der Waals surface area (Å²) in [5.74, 6) is -0.578. The molecule has 152 valence electrons. The third-order valence-corrected chi connectivity index (χ3v) is 6.92. The third-order valence-electron chi connectivity index (χ3n) is 6.92. The van der Waals surface area contributed by atoms with Gasteiger partial charge in [0, 0.05) is 19.7 Å². The van der Waals surface area contributed by atoms with Crippen molar-refractivity contribution in [2.24, 2.45) is 11.3 Å². The highest BCUT2D eigenvalue weighted by molar-refractivity contribution is 5.88. The standard InChI is InChI=1S/C18H28N2O4.CH2O2/c21-15(18(6-1-2-7-18)20-8-3-4-9-20)19-11-14-5-10-24-13-17(14,12-19)16(22)23;2-1-3/h14H,1-13H2,(H,22,23);1H,(H,2,3)/t14-,17+;/m0./s1. The van der Waals surface area contributed by atoms with Gasteiger partial charge in [0.05, 0.1) is 6.61 Å². The van der Waals surface area contributed by atoms with Crippen LogP contribution in [0.1, 0.15) is 44.9 Å². The maximum absolute atomic E-state index is 13.5. The lowest BCUT2D eigenvalue weighted by atomic mass is 9.76. The van der Waals surface area contributed by atoms with E-state index >= 15 is 0 Å². The normalized spacial score (nSPS) is 32.4. The van der Waals surface area contributed by atoms with Crippen LogP contribution in [0.5, 0.6) is 0 Å². The van der Waals surface area contributed by atoms with E-state index in [0.717, 1.165) is 45.2 Å². The minimum Gasteiger partial charge on any atom is -0.483 e. The molecule has 1 amide bonds. The Morgan fingerprint density at radius 3 is 2.30 bits per heavy atom. The van der Waals surface area contributed by atoms with Crippen LogP contribution in [0.25, 0.3) is 0 Å². The van der Waals surface area contributed by atoms with Gasteiger partial charge < -0.3 is 19.8 Å². The third kappa shape index (κ3) is 3.45. The minimum atomic E-state index is -0.890. The van der Waals surface area contributed by atoms with E-state index in [1.54, 1.807) is 0 Å². The molecule has 27 heavy (non-hydrogen) atoms. The highest BCUT2D eigenvalue weighted by Gasteiger charge is 2.58. The number of carbonyl (C=O) groups is 3. The summed E-state index contributed by atoms with van der Waals surface area (Å²) in [4.78, 5) is 38.1. The first-order chi connectivity index (χ1) is 13.0. The van der Waals surface area contributed by atoms with Crippen LogP contribution >= 0.6 is 0 Å². The molecule has 3 saturated heterocycles. The number of hydrogen-bond donors (Lipinski definition) is 2. The first kappa shape index (κ1) is 20.1. The topological polar surface area (TPSA) is 107 Å². The number of ether oxygens (including phenoxy) is 1. The van der Waals surface area contributed by atoms with E-state index in [4.69, 9.17) is 14.6 Å². The van der Waals surface area contributed by atoms with Gasteiger partial charge in [-0.25, -0.2) is 0 Å². The molecule has 1 aliphatic carbocycles. The zero-order chi connectivity index (χ0) is 19.5. The maximum Gasteiger partial charge on any atom is 0.314 e. The fourth-order valence-electron chi connectivity index (χ4n) is 5.51. The van der Waals surface area contributed by atoms with Crippen LogP contribution in [-0.2, 0) is 19.1 Å². The molecule has 0 spiro atoms. The molecule has 4 aliphatic rings. The number of aliphatic carboxylic acids is 1. The van der Waals surface area contributed by atoms with Gasteiger partial charge in [-0.3, -0.25) is 19.3 Å².